The second-order valence-electron chi connectivity index (χ2n) is 3.19. The maximum Gasteiger partial charge on any atom is 0.127 e. The fourth-order valence-corrected chi connectivity index (χ4v) is 2.25. The van der Waals surface area contributed by atoms with Crippen LogP contribution in [0, 0.1) is 0 Å². The average Bonchev–Trinajstić information content (AvgIpc) is 2.78. The lowest BCUT2D eigenvalue weighted by molar-refractivity contribution is 0.300. The minimum atomic E-state index is -0.555. The molecule has 0 atom stereocenters. The van der Waals surface area contributed by atoms with Crippen LogP contribution in [-0.4, -0.2) is 16.7 Å². The molecule has 0 bridgehead atoms. The molecule has 2 aromatic rings. The van der Waals surface area contributed by atoms with Gasteiger partial charge < -0.3 is 5.11 Å². The predicted octanol–water partition coefficient (Wildman–Crippen LogP) is 3.11. The Labute approximate surface area is 96.7 Å². The molecule has 4 heteroatoms. The molecule has 0 spiro atoms. The number of hydrogen-bond donors (Lipinski definition) is 1. The van der Waals surface area contributed by atoms with Gasteiger partial charge in [0.15, 0.2) is 0 Å². The molecule has 0 aliphatic carbocycles. The summed E-state index contributed by atoms with van der Waals surface area (Å²) in [6, 6.07) is 7.55. The number of thiophene rings is 1. The van der Waals surface area contributed by atoms with E-state index in [1.54, 1.807) is 12.4 Å². The molecule has 16 heavy (non-hydrogen) atoms. The van der Waals surface area contributed by atoms with Crippen LogP contribution in [0.4, 0.5) is 4.39 Å². The van der Waals surface area contributed by atoms with Crippen LogP contribution in [0.15, 0.2) is 42.5 Å². The van der Waals surface area contributed by atoms with Crippen molar-refractivity contribution in [2.24, 2.45) is 0 Å². The van der Waals surface area contributed by atoms with E-state index in [0.717, 1.165) is 15.3 Å². The summed E-state index contributed by atoms with van der Waals surface area (Å²) in [5.41, 5.74) is 1.01. The van der Waals surface area contributed by atoms with E-state index in [9.17, 15) is 4.39 Å². The highest BCUT2D eigenvalue weighted by Gasteiger charge is 2.02. The van der Waals surface area contributed by atoms with Gasteiger partial charge in [-0.3, -0.25) is 4.98 Å². The molecule has 0 aliphatic heterocycles. The van der Waals surface area contributed by atoms with Crippen molar-refractivity contribution < 1.29 is 9.50 Å². The van der Waals surface area contributed by atoms with Gasteiger partial charge in [0.25, 0.3) is 0 Å². The second-order valence-corrected chi connectivity index (χ2v) is 4.31. The van der Waals surface area contributed by atoms with Crippen LogP contribution in [0.25, 0.3) is 16.5 Å². The highest BCUT2D eigenvalue weighted by Crippen LogP contribution is 2.28. The number of aliphatic hydroxyl groups is 1. The van der Waals surface area contributed by atoms with Gasteiger partial charge in [-0.2, -0.15) is 0 Å². The van der Waals surface area contributed by atoms with Gasteiger partial charge in [-0.1, -0.05) is 6.07 Å². The van der Waals surface area contributed by atoms with Crippen LogP contribution in [0.1, 0.15) is 4.88 Å². The summed E-state index contributed by atoms with van der Waals surface area (Å²) in [6.45, 7) is -0.555. The van der Waals surface area contributed by atoms with Gasteiger partial charge >= 0.3 is 0 Å². The minimum absolute atomic E-state index is 0.528. The van der Waals surface area contributed by atoms with Crippen molar-refractivity contribution in [1.29, 1.82) is 0 Å². The molecule has 2 aromatic heterocycles. The van der Waals surface area contributed by atoms with E-state index in [4.69, 9.17) is 5.11 Å². The van der Waals surface area contributed by atoms with E-state index in [1.165, 1.54) is 17.4 Å². The van der Waals surface area contributed by atoms with Gasteiger partial charge in [-0.05, 0) is 24.3 Å². The standard InChI is InChI=1S/C12H10FNOS/c13-10(8-15)6-11-3-4-12(16-11)9-2-1-5-14-7-9/h1-7,15H,8H2/b10-6-. The fourth-order valence-electron chi connectivity index (χ4n) is 1.29. The average molecular weight is 235 g/mol. The Hall–Kier alpha value is -1.52. The first-order chi connectivity index (χ1) is 7.79. The largest absolute Gasteiger partial charge is 0.389 e. The zero-order valence-electron chi connectivity index (χ0n) is 8.43. The molecule has 0 amide bonds. The van der Waals surface area contributed by atoms with Crippen LogP contribution >= 0.6 is 11.3 Å². The van der Waals surface area contributed by atoms with Gasteiger partial charge in [0, 0.05) is 27.7 Å². The summed E-state index contributed by atoms with van der Waals surface area (Å²) < 4.78 is 12.8. The maximum absolute atomic E-state index is 12.8. The van der Waals surface area contributed by atoms with Crippen molar-refractivity contribution in [2.45, 2.75) is 0 Å². The molecule has 1 N–H and O–H groups in total. The normalized spacial score (nSPS) is 11.8. The molecular weight excluding hydrogens is 225 g/mol. The predicted molar refractivity (Wildman–Crippen MR) is 63.7 cm³/mol. The topological polar surface area (TPSA) is 33.1 Å². The van der Waals surface area contributed by atoms with Crippen molar-refractivity contribution in [3.8, 4) is 10.4 Å². The molecule has 0 radical (unpaired) electrons. The van der Waals surface area contributed by atoms with E-state index < -0.39 is 12.4 Å². The number of aliphatic hydroxyl groups excluding tert-OH is 1. The molecule has 0 fully saturated rings. The molecule has 0 unspecified atom stereocenters. The summed E-state index contributed by atoms with van der Waals surface area (Å²) in [7, 11) is 0. The van der Waals surface area contributed by atoms with Gasteiger partial charge in [-0.25, -0.2) is 4.39 Å². The maximum atomic E-state index is 12.8. The van der Waals surface area contributed by atoms with Crippen molar-refractivity contribution in [1.82, 2.24) is 4.98 Å². The van der Waals surface area contributed by atoms with Crippen LogP contribution < -0.4 is 0 Å². The first kappa shape index (κ1) is 11.0. The molecular formula is C12H10FNOS. The third-order valence-electron chi connectivity index (χ3n) is 2.02. The Morgan fingerprint density at radius 2 is 2.31 bits per heavy atom. The van der Waals surface area contributed by atoms with Crippen molar-refractivity contribution >= 4 is 17.4 Å². The van der Waals surface area contributed by atoms with Crippen molar-refractivity contribution in [2.75, 3.05) is 6.61 Å². The molecule has 2 nitrogen and oxygen atoms in total. The second kappa shape index (κ2) is 5.01. The Bertz CT molecular complexity index is 493. The molecule has 0 saturated heterocycles. The molecule has 0 saturated carbocycles. The summed E-state index contributed by atoms with van der Waals surface area (Å²) >= 11 is 1.46. The molecule has 82 valence electrons. The van der Waals surface area contributed by atoms with E-state index in [0.29, 0.717) is 0 Å². The Morgan fingerprint density at radius 3 is 3.00 bits per heavy atom. The summed E-state index contributed by atoms with van der Waals surface area (Å²) in [6.07, 6.45) is 4.82. The molecule has 0 aliphatic rings. The number of hydrogen-bond acceptors (Lipinski definition) is 3. The van der Waals surface area contributed by atoms with Crippen LogP contribution in [0.2, 0.25) is 0 Å². The molecule has 2 rings (SSSR count). The number of nitrogens with zero attached hydrogens (tertiary/aromatic N) is 1. The van der Waals surface area contributed by atoms with Crippen molar-refractivity contribution in [3.63, 3.8) is 0 Å². The summed E-state index contributed by atoms with van der Waals surface area (Å²) in [5.74, 6) is -0.528. The lowest BCUT2D eigenvalue weighted by Gasteiger charge is -1.93. The highest BCUT2D eigenvalue weighted by atomic mass is 32.1. The third kappa shape index (κ3) is 2.53. The van der Waals surface area contributed by atoms with Crippen LogP contribution in [0.3, 0.4) is 0 Å². The fraction of sp³-hybridized carbons (Fsp3) is 0.0833. The number of rotatable bonds is 3. The highest BCUT2D eigenvalue weighted by molar-refractivity contribution is 7.16. The Morgan fingerprint density at radius 1 is 1.44 bits per heavy atom. The lowest BCUT2D eigenvalue weighted by atomic mass is 10.2. The Kier molecular flexibility index (Phi) is 3.44. The zero-order valence-corrected chi connectivity index (χ0v) is 9.25. The number of aromatic nitrogens is 1. The number of halogens is 1. The smallest absolute Gasteiger partial charge is 0.127 e. The first-order valence-corrected chi connectivity index (χ1v) is 5.58. The Balaban J connectivity index is 2.27. The quantitative estimate of drug-likeness (QED) is 0.886. The van der Waals surface area contributed by atoms with Crippen LogP contribution in [-0.2, 0) is 0 Å². The zero-order chi connectivity index (χ0) is 11.4. The number of pyridine rings is 1. The minimum Gasteiger partial charge on any atom is -0.389 e. The van der Waals surface area contributed by atoms with Gasteiger partial charge in [0.1, 0.15) is 5.83 Å². The SMILES string of the molecule is OC/C(F)=C/c1ccc(-c2cccnc2)s1. The van der Waals surface area contributed by atoms with Gasteiger partial charge in [-0.15, -0.1) is 11.3 Å². The van der Waals surface area contributed by atoms with E-state index in [-0.39, 0.29) is 0 Å². The van der Waals surface area contributed by atoms with Crippen LogP contribution in [0.5, 0.6) is 0 Å². The third-order valence-corrected chi connectivity index (χ3v) is 3.10. The summed E-state index contributed by atoms with van der Waals surface area (Å²) in [5, 5.41) is 8.57. The lowest BCUT2D eigenvalue weighted by Crippen LogP contribution is -1.79. The van der Waals surface area contributed by atoms with Gasteiger partial charge in [0.05, 0.1) is 6.61 Å². The van der Waals surface area contributed by atoms with E-state index >= 15 is 0 Å². The summed E-state index contributed by atoms with van der Waals surface area (Å²) in [4.78, 5) is 5.84. The molecule has 0 aromatic carbocycles. The van der Waals surface area contributed by atoms with E-state index in [2.05, 4.69) is 4.98 Å². The monoisotopic (exact) mass is 235 g/mol. The first-order valence-electron chi connectivity index (χ1n) is 4.77. The van der Waals surface area contributed by atoms with E-state index in [1.807, 2.05) is 24.3 Å². The molecule has 2 heterocycles. The van der Waals surface area contributed by atoms with Gasteiger partial charge in [0.2, 0.25) is 0 Å². The van der Waals surface area contributed by atoms with Crippen molar-refractivity contribution in [3.05, 3.63) is 47.4 Å².